The molecule has 12 nitrogen and oxygen atoms in total. The number of nitrogens with zero attached hydrogens (tertiary/aromatic N) is 7. The van der Waals surface area contributed by atoms with Crippen LogP contribution in [0.2, 0.25) is 0 Å². The predicted octanol–water partition coefficient (Wildman–Crippen LogP) is 2.86. The van der Waals surface area contributed by atoms with Crippen LogP contribution in [0.1, 0.15) is 24.5 Å². The third-order valence-corrected chi connectivity index (χ3v) is 5.30. The second-order valence-corrected chi connectivity index (χ2v) is 8.01. The summed E-state index contributed by atoms with van der Waals surface area (Å²) in [4.78, 5) is 23.7. The van der Waals surface area contributed by atoms with Crippen molar-refractivity contribution in [2.75, 3.05) is 41.8 Å². The number of ether oxygens (including phenoxy) is 2. The molecule has 186 valence electrons. The van der Waals surface area contributed by atoms with Crippen LogP contribution in [0.25, 0.3) is 0 Å². The molecule has 36 heavy (non-hydrogen) atoms. The number of anilines is 4. The van der Waals surface area contributed by atoms with Crippen molar-refractivity contribution >= 4 is 23.7 Å². The highest BCUT2D eigenvalue weighted by molar-refractivity contribution is 5.52. The third-order valence-electron chi connectivity index (χ3n) is 5.30. The number of hydrogen-bond donors (Lipinski definition) is 3. The molecule has 1 aliphatic heterocycles. The van der Waals surface area contributed by atoms with Crippen LogP contribution in [0, 0.1) is 5.82 Å². The summed E-state index contributed by atoms with van der Waals surface area (Å²) in [5.74, 6) is 2.33. The molecule has 0 aliphatic carbocycles. The molecule has 3 N–H and O–H groups in total. The van der Waals surface area contributed by atoms with E-state index in [1.165, 1.54) is 0 Å². The summed E-state index contributed by atoms with van der Waals surface area (Å²) in [6.45, 7) is 4.65. The van der Waals surface area contributed by atoms with Gasteiger partial charge in [-0.15, -0.1) is 0 Å². The number of rotatable bonds is 9. The Balaban J connectivity index is 1.32. The summed E-state index contributed by atoms with van der Waals surface area (Å²) in [5.41, 5.74) is 0.782. The molecule has 1 fully saturated rings. The Kier molecular flexibility index (Phi) is 7.07. The van der Waals surface area contributed by atoms with Gasteiger partial charge in [-0.25, -0.2) is 14.4 Å². The van der Waals surface area contributed by atoms with Crippen molar-refractivity contribution < 1.29 is 13.9 Å². The highest BCUT2D eigenvalue weighted by Gasteiger charge is 2.19. The van der Waals surface area contributed by atoms with Gasteiger partial charge in [-0.2, -0.15) is 20.1 Å². The van der Waals surface area contributed by atoms with Gasteiger partial charge in [0.2, 0.25) is 17.8 Å². The van der Waals surface area contributed by atoms with Gasteiger partial charge in [0.05, 0.1) is 37.3 Å². The van der Waals surface area contributed by atoms with E-state index in [0.29, 0.717) is 62.4 Å². The predicted molar refractivity (Wildman–Crippen MR) is 130 cm³/mol. The van der Waals surface area contributed by atoms with Gasteiger partial charge in [0, 0.05) is 19.2 Å². The number of nitrogens with one attached hydrogen (secondary N) is 3. The van der Waals surface area contributed by atoms with Gasteiger partial charge in [-0.3, -0.25) is 5.10 Å². The van der Waals surface area contributed by atoms with Crippen molar-refractivity contribution in [1.82, 2.24) is 35.1 Å². The first-order valence-corrected chi connectivity index (χ1v) is 11.4. The molecule has 1 atom stereocenters. The van der Waals surface area contributed by atoms with Crippen LogP contribution in [0.3, 0.4) is 0 Å². The lowest BCUT2D eigenvalue weighted by atomic mass is 10.3. The molecule has 0 spiro atoms. The Morgan fingerprint density at radius 2 is 1.83 bits per heavy atom. The number of aromatic nitrogens is 7. The van der Waals surface area contributed by atoms with E-state index in [1.54, 1.807) is 0 Å². The number of H-pyrrole nitrogens is 1. The smallest absolute Gasteiger partial charge is 0.235 e. The van der Waals surface area contributed by atoms with Gasteiger partial charge >= 0.3 is 0 Å². The zero-order chi connectivity index (χ0) is 24.7. The van der Waals surface area contributed by atoms with Crippen molar-refractivity contribution in [2.45, 2.75) is 19.6 Å². The molecule has 5 rings (SSSR count). The Bertz CT molecular complexity index is 1270. The third kappa shape index (κ3) is 5.99. The fraction of sp³-hybridized carbons (Fsp3) is 0.304. The van der Waals surface area contributed by atoms with Gasteiger partial charge in [-0.1, -0.05) is 18.2 Å². The topological polar surface area (TPSA) is 139 Å². The molecular formula is C23H25FN10O2. The average molecular weight is 493 g/mol. The summed E-state index contributed by atoms with van der Waals surface area (Å²) >= 11 is 0. The normalized spacial score (nSPS) is 14.3. The lowest BCUT2D eigenvalue weighted by molar-refractivity contribution is 0.122. The summed E-state index contributed by atoms with van der Waals surface area (Å²) in [5, 5.41) is 13.5. The number of aromatic amines is 1. The molecule has 1 aromatic carbocycles. The van der Waals surface area contributed by atoms with Crippen LogP contribution in [0.4, 0.5) is 28.1 Å². The van der Waals surface area contributed by atoms with Crippen LogP contribution in [0.5, 0.6) is 5.75 Å². The van der Waals surface area contributed by atoms with Crippen molar-refractivity contribution in [3.05, 3.63) is 66.1 Å². The quantitative estimate of drug-likeness (QED) is 0.318. The molecule has 0 unspecified atom stereocenters. The average Bonchev–Trinajstić information content (AvgIpc) is 3.36. The summed E-state index contributed by atoms with van der Waals surface area (Å²) < 4.78 is 24.4. The zero-order valence-electron chi connectivity index (χ0n) is 19.6. The fourth-order valence-corrected chi connectivity index (χ4v) is 3.49. The number of halogens is 1. The monoisotopic (exact) mass is 492 g/mol. The Morgan fingerprint density at radius 3 is 2.61 bits per heavy atom. The highest BCUT2D eigenvalue weighted by atomic mass is 19.1. The number of benzene rings is 1. The van der Waals surface area contributed by atoms with E-state index in [1.807, 2.05) is 48.2 Å². The van der Waals surface area contributed by atoms with Gasteiger partial charge in [0.25, 0.3) is 0 Å². The number of hydrogen-bond acceptors (Lipinski definition) is 11. The molecule has 1 aliphatic rings. The molecule has 4 aromatic rings. The number of para-hydroxylation sites is 1. The highest BCUT2D eigenvalue weighted by Crippen LogP contribution is 2.21. The van der Waals surface area contributed by atoms with E-state index < -0.39 is 5.82 Å². The van der Waals surface area contributed by atoms with E-state index >= 15 is 0 Å². The van der Waals surface area contributed by atoms with E-state index in [2.05, 4.69) is 45.8 Å². The Morgan fingerprint density at radius 1 is 1.08 bits per heavy atom. The molecule has 0 radical (unpaired) electrons. The SMILES string of the molecule is C[C@H](Nc1nc(Nc2cc(COc3ccccc3)[nH]n2)nc(N2CCOCC2)n1)c1ncc(F)cn1. The Labute approximate surface area is 206 Å². The molecule has 0 amide bonds. The summed E-state index contributed by atoms with van der Waals surface area (Å²) in [7, 11) is 0. The minimum Gasteiger partial charge on any atom is -0.487 e. The first-order chi connectivity index (χ1) is 17.6. The summed E-state index contributed by atoms with van der Waals surface area (Å²) in [6, 6.07) is 11.0. The first kappa shape index (κ1) is 23.4. The molecule has 13 heteroatoms. The van der Waals surface area contributed by atoms with Crippen LogP contribution < -0.4 is 20.3 Å². The largest absolute Gasteiger partial charge is 0.487 e. The van der Waals surface area contributed by atoms with E-state index in [4.69, 9.17) is 9.47 Å². The molecule has 1 saturated heterocycles. The maximum absolute atomic E-state index is 13.2. The van der Waals surface area contributed by atoms with Gasteiger partial charge < -0.3 is 25.0 Å². The Hall–Kier alpha value is -4.39. The summed E-state index contributed by atoms with van der Waals surface area (Å²) in [6.07, 6.45) is 2.24. The van der Waals surface area contributed by atoms with Crippen molar-refractivity contribution in [3.8, 4) is 5.75 Å². The van der Waals surface area contributed by atoms with Crippen LogP contribution in [-0.4, -0.2) is 61.4 Å². The van der Waals surface area contributed by atoms with Crippen molar-refractivity contribution in [2.24, 2.45) is 0 Å². The minimum atomic E-state index is -0.500. The van der Waals surface area contributed by atoms with Crippen LogP contribution in [0.15, 0.2) is 48.8 Å². The molecule has 0 bridgehead atoms. The lowest BCUT2D eigenvalue weighted by Gasteiger charge is -2.27. The first-order valence-electron chi connectivity index (χ1n) is 11.4. The van der Waals surface area contributed by atoms with Crippen LogP contribution >= 0.6 is 0 Å². The van der Waals surface area contributed by atoms with Crippen molar-refractivity contribution in [3.63, 3.8) is 0 Å². The van der Waals surface area contributed by atoms with E-state index in [-0.39, 0.29) is 6.04 Å². The van der Waals surface area contributed by atoms with E-state index in [0.717, 1.165) is 23.8 Å². The lowest BCUT2D eigenvalue weighted by Crippen LogP contribution is -2.37. The standard InChI is InChI=1S/C23H25FN10O2/c1-15(20-25-12-16(24)13-26-20)27-21-29-22(31-23(30-21)34-7-9-35-10-8-34)28-19-11-17(32-33-19)14-36-18-5-3-2-4-6-18/h2-6,11-13,15H,7-10,14H2,1H3,(H3,27,28,29,30,31,32,33)/t15-/m0/s1. The zero-order valence-corrected chi connectivity index (χ0v) is 19.6. The van der Waals surface area contributed by atoms with Crippen LogP contribution in [-0.2, 0) is 11.3 Å². The molecule has 3 aromatic heterocycles. The van der Waals surface area contributed by atoms with E-state index in [9.17, 15) is 4.39 Å². The minimum absolute atomic E-state index is 0.309. The molecule has 4 heterocycles. The van der Waals surface area contributed by atoms with Gasteiger partial charge in [0.15, 0.2) is 11.6 Å². The van der Waals surface area contributed by atoms with Gasteiger partial charge in [-0.05, 0) is 19.1 Å². The van der Waals surface area contributed by atoms with Gasteiger partial charge in [0.1, 0.15) is 18.2 Å². The maximum atomic E-state index is 13.2. The number of morpholine rings is 1. The maximum Gasteiger partial charge on any atom is 0.235 e. The second-order valence-electron chi connectivity index (χ2n) is 8.01. The fourth-order valence-electron chi connectivity index (χ4n) is 3.49. The van der Waals surface area contributed by atoms with Crippen molar-refractivity contribution in [1.29, 1.82) is 0 Å². The second kappa shape index (κ2) is 10.9. The molecule has 0 saturated carbocycles. The molecular weight excluding hydrogens is 467 g/mol.